The minimum absolute atomic E-state index is 0.316. The third-order valence-electron chi connectivity index (χ3n) is 4.79. The van der Waals surface area contributed by atoms with Crippen molar-refractivity contribution in [3.05, 3.63) is 33.8 Å². The lowest BCUT2D eigenvalue weighted by Gasteiger charge is -2.37. The van der Waals surface area contributed by atoms with E-state index in [1.807, 2.05) is 24.1 Å². The molecule has 0 bridgehead atoms. The lowest BCUT2D eigenvalue weighted by atomic mass is 10.0. The first-order valence-electron chi connectivity index (χ1n) is 7.97. The van der Waals surface area contributed by atoms with Gasteiger partial charge in [-0.3, -0.25) is 9.69 Å². The van der Waals surface area contributed by atoms with E-state index in [2.05, 4.69) is 4.90 Å². The highest BCUT2D eigenvalue weighted by atomic mass is 35.5. The summed E-state index contributed by atoms with van der Waals surface area (Å²) >= 11 is 12.2. The number of halogens is 2. The second-order valence-corrected chi connectivity index (χ2v) is 7.31. The van der Waals surface area contributed by atoms with Crippen LogP contribution >= 0.6 is 23.2 Å². The fourth-order valence-corrected chi connectivity index (χ4v) is 3.62. The summed E-state index contributed by atoms with van der Waals surface area (Å²) in [4.78, 5) is 16.5. The van der Waals surface area contributed by atoms with Crippen LogP contribution in [-0.4, -0.2) is 41.9 Å². The number of hydrogen-bond acceptors (Lipinski definition) is 2. The van der Waals surface area contributed by atoms with E-state index in [-0.39, 0.29) is 0 Å². The Balaban J connectivity index is 1.52. The minimum atomic E-state index is 0.316. The van der Waals surface area contributed by atoms with Crippen molar-refractivity contribution in [3.63, 3.8) is 0 Å². The predicted molar refractivity (Wildman–Crippen MR) is 90.3 cm³/mol. The number of carbonyl (C=O) groups excluding carboxylic acids is 1. The SMILES string of the molecule is CN(C(=O)C1CC1)C1CCN(Cc2ccc(Cl)cc2Cl)CC1. The van der Waals surface area contributed by atoms with Gasteiger partial charge in [0, 0.05) is 48.7 Å². The second-order valence-electron chi connectivity index (χ2n) is 6.47. The summed E-state index contributed by atoms with van der Waals surface area (Å²) in [5, 5.41) is 1.41. The van der Waals surface area contributed by atoms with Crippen LogP contribution in [0.1, 0.15) is 31.2 Å². The molecule has 1 heterocycles. The molecule has 0 radical (unpaired) electrons. The third kappa shape index (κ3) is 3.76. The Morgan fingerprint density at radius 1 is 1.23 bits per heavy atom. The quantitative estimate of drug-likeness (QED) is 0.831. The number of rotatable bonds is 4. The standard InChI is InChI=1S/C17H22Cl2N2O/c1-20(17(22)12-2-3-12)15-6-8-21(9-7-15)11-13-4-5-14(18)10-16(13)19/h4-5,10,12,15H,2-3,6-9,11H2,1H3. The van der Waals surface area contributed by atoms with Gasteiger partial charge >= 0.3 is 0 Å². The van der Waals surface area contributed by atoms with E-state index >= 15 is 0 Å². The molecule has 5 heteroatoms. The Bertz CT molecular complexity index is 552. The van der Waals surface area contributed by atoms with Crippen LogP contribution in [0.2, 0.25) is 10.0 Å². The molecule has 0 unspecified atom stereocenters. The highest BCUT2D eigenvalue weighted by Crippen LogP contribution is 2.32. The van der Waals surface area contributed by atoms with E-state index < -0.39 is 0 Å². The van der Waals surface area contributed by atoms with Crippen LogP contribution in [0, 0.1) is 5.92 Å². The highest BCUT2D eigenvalue weighted by molar-refractivity contribution is 6.35. The normalized spacial score (nSPS) is 20.1. The monoisotopic (exact) mass is 340 g/mol. The van der Waals surface area contributed by atoms with Crippen molar-refractivity contribution >= 4 is 29.1 Å². The molecule has 0 aromatic heterocycles. The van der Waals surface area contributed by atoms with Crippen LogP contribution in [0.25, 0.3) is 0 Å². The molecule has 1 aliphatic heterocycles. The summed E-state index contributed by atoms with van der Waals surface area (Å²) in [6.07, 6.45) is 4.24. The molecule has 22 heavy (non-hydrogen) atoms. The van der Waals surface area contributed by atoms with Crippen LogP contribution in [0.4, 0.5) is 0 Å². The average molecular weight is 341 g/mol. The van der Waals surface area contributed by atoms with Crippen molar-refractivity contribution in [1.29, 1.82) is 0 Å². The van der Waals surface area contributed by atoms with Crippen LogP contribution in [0.3, 0.4) is 0 Å². The highest BCUT2D eigenvalue weighted by Gasteiger charge is 2.35. The Kier molecular flexibility index (Phi) is 4.96. The zero-order valence-corrected chi connectivity index (χ0v) is 14.4. The van der Waals surface area contributed by atoms with E-state index in [9.17, 15) is 4.79 Å². The molecular weight excluding hydrogens is 319 g/mol. The topological polar surface area (TPSA) is 23.6 Å². The number of benzene rings is 1. The molecule has 2 fully saturated rings. The van der Waals surface area contributed by atoms with E-state index in [1.54, 1.807) is 6.07 Å². The van der Waals surface area contributed by atoms with Crippen molar-refractivity contribution in [1.82, 2.24) is 9.80 Å². The van der Waals surface area contributed by atoms with Crippen molar-refractivity contribution < 1.29 is 4.79 Å². The lowest BCUT2D eigenvalue weighted by Crippen LogP contribution is -2.45. The van der Waals surface area contributed by atoms with Crippen molar-refractivity contribution in [2.45, 2.75) is 38.3 Å². The first-order valence-corrected chi connectivity index (χ1v) is 8.73. The fourth-order valence-electron chi connectivity index (χ4n) is 3.15. The van der Waals surface area contributed by atoms with E-state index in [0.717, 1.165) is 55.9 Å². The Labute approximate surface area is 142 Å². The first-order chi connectivity index (χ1) is 10.5. The van der Waals surface area contributed by atoms with Crippen molar-refractivity contribution in [2.75, 3.05) is 20.1 Å². The number of nitrogens with zero attached hydrogens (tertiary/aromatic N) is 2. The largest absolute Gasteiger partial charge is 0.342 e. The van der Waals surface area contributed by atoms with Crippen LogP contribution in [0.5, 0.6) is 0 Å². The summed E-state index contributed by atoms with van der Waals surface area (Å²) in [5.41, 5.74) is 1.12. The van der Waals surface area contributed by atoms with Gasteiger partial charge in [-0.25, -0.2) is 0 Å². The summed E-state index contributed by atoms with van der Waals surface area (Å²) in [5.74, 6) is 0.662. The number of likely N-dealkylation sites (tertiary alicyclic amines) is 1. The molecule has 0 atom stereocenters. The number of hydrogen-bond donors (Lipinski definition) is 0. The van der Waals surface area contributed by atoms with Crippen molar-refractivity contribution in [3.8, 4) is 0 Å². The summed E-state index contributed by atoms with van der Waals surface area (Å²) < 4.78 is 0. The molecular formula is C17H22Cl2N2O. The zero-order chi connectivity index (χ0) is 15.7. The Hall–Kier alpha value is -0.770. The molecule has 3 nitrogen and oxygen atoms in total. The van der Waals surface area contributed by atoms with Crippen LogP contribution < -0.4 is 0 Å². The van der Waals surface area contributed by atoms with Gasteiger partial charge in [0.05, 0.1) is 0 Å². The molecule has 1 aromatic rings. The Morgan fingerprint density at radius 2 is 1.91 bits per heavy atom. The maximum Gasteiger partial charge on any atom is 0.225 e. The summed E-state index contributed by atoms with van der Waals surface area (Å²) in [7, 11) is 1.97. The van der Waals surface area contributed by atoms with Gasteiger partial charge < -0.3 is 4.90 Å². The average Bonchev–Trinajstić information content (AvgIpc) is 3.34. The second kappa shape index (κ2) is 6.77. The van der Waals surface area contributed by atoms with Gasteiger partial charge in [0.1, 0.15) is 0 Å². The minimum Gasteiger partial charge on any atom is -0.342 e. The number of carbonyl (C=O) groups is 1. The molecule has 1 saturated carbocycles. The van der Waals surface area contributed by atoms with Gasteiger partial charge in [0.2, 0.25) is 5.91 Å². The maximum absolute atomic E-state index is 12.1. The molecule has 3 rings (SSSR count). The lowest BCUT2D eigenvalue weighted by molar-refractivity contribution is -0.134. The molecule has 0 N–H and O–H groups in total. The molecule has 1 aliphatic carbocycles. The van der Waals surface area contributed by atoms with Gasteiger partial charge in [-0.15, -0.1) is 0 Å². The predicted octanol–water partition coefficient (Wildman–Crippen LogP) is 3.83. The van der Waals surface area contributed by atoms with E-state index in [0.29, 0.717) is 22.9 Å². The summed E-state index contributed by atoms with van der Waals surface area (Å²) in [6.45, 7) is 2.86. The van der Waals surface area contributed by atoms with E-state index in [1.165, 1.54) is 0 Å². The van der Waals surface area contributed by atoms with Gasteiger partial charge in [0.15, 0.2) is 0 Å². The molecule has 1 saturated heterocycles. The molecule has 120 valence electrons. The summed E-state index contributed by atoms with van der Waals surface area (Å²) in [6, 6.07) is 6.08. The van der Waals surface area contributed by atoms with Crippen LogP contribution in [0.15, 0.2) is 18.2 Å². The third-order valence-corrected chi connectivity index (χ3v) is 5.38. The zero-order valence-electron chi connectivity index (χ0n) is 12.9. The van der Waals surface area contributed by atoms with Gasteiger partial charge in [-0.1, -0.05) is 29.3 Å². The first kappa shape index (κ1) is 16.1. The van der Waals surface area contributed by atoms with Gasteiger partial charge in [0.25, 0.3) is 0 Å². The van der Waals surface area contributed by atoms with Crippen molar-refractivity contribution in [2.24, 2.45) is 5.92 Å². The molecule has 2 aliphatic rings. The van der Waals surface area contributed by atoms with Gasteiger partial charge in [-0.2, -0.15) is 0 Å². The number of piperidine rings is 1. The maximum atomic E-state index is 12.1. The van der Waals surface area contributed by atoms with E-state index in [4.69, 9.17) is 23.2 Å². The van der Waals surface area contributed by atoms with Gasteiger partial charge in [-0.05, 0) is 43.4 Å². The molecule has 1 aromatic carbocycles. The smallest absolute Gasteiger partial charge is 0.225 e. The number of amides is 1. The molecule has 1 amide bonds. The fraction of sp³-hybridized carbons (Fsp3) is 0.588. The van der Waals surface area contributed by atoms with Crippen LogP contribution in [-0.2, 0) is 11.3 Å². The Morgan fingerprint density at radius 3 is 2.50 bits per heavy atom. The molecule has 0 spiro atoms.